The van der Waals surface area contributed by atoms with E-state index in [0.717, 1.165) is 31.7 Å². The normalized spacial score (nSPS) is 28.7. The van der Waals surface area contributed by atoms with Crippen molar-refractivity contribution in [3.05, 3.63) is 0 Å². The van der Waals surface area contributed by atoms with Gasteiger partial charge in [0.25, 0.3) is 0 Å². The van der Waals surface area contributed by atoms with Crippen molar-refractivity contribution in [2.24, 2.45) is 11.7 Å². The van der Waals surface area contributed by atoms with Crippen LogP contribution in [0.2, 0.25) is 0 Å². The quantitative estimate of drug-likeness (QED) is 0.774. The van der Waals surface area contributed by atoms with E-state index in [1.54, 1.807) is 0 Å². The molecule has 0 bridgehead atoms. The third kappa shape index (κ3) is 3.44. The highest BCUT2D eigenvalue weighted by Gasteiger charge is 2.26. The van der Waals surface area contributed by atoms with Gasteiger partial charge in [-0.3, -0.25) is 0 Å². The maximum atomic E-state index is 5.60. The Morgan fingerprint density at radius 1 is 1.19 bits per heavy atom. The van der Waals surface area contributed by atoms with E-state index in [1.807, 2.05) is 0 Å². The van der Waals surface area contributed by atoms with E-state index in [0.29, 0.717) is 0 Å². The van der Waals surface area contributed by atoms with E-state index < -0.39 is 0 Å². The summed E-state index contributed by atoms with van der Waals surface area (Å²) < 4.78 is 5.42. The molecular weight excluding hydrogens is 200 g/mol. The maximum absolute atomic E-state index is 5.60. The first-order chi connectivity index (χ1) is 7.90. The highest BCUT2D eigenvalue weighted by Crippen LogP contribution is 2.25. The summed E-state index contributed by atoms with van der Waals surface area (Å²) in [6.07, 6.45) is 7.80. The second-order valence-corrected chi connectivity index (χ2v) is 5.28. The largest absolute Gasteiger partial charge is 0.381 e. The van der Waals surface area contributed by atoms with Crippen molar-refractivity contribution in [3.8, 4) is 0 Å². The van der Waals surface area contributed by atoms with Crippen LogP contribution < -0.4 is 5.73 Å². The molecule has 2 heterocycles. The van der Waals surface area contributed by atoms with Crippen molar-refractivity contribution >= 4 is 0 Å². The lowest BCUT2D eigenvalue weighted by molar-refractivity contribution is 0.0501. The summed E-state index contributed by atoms with van der Waals surface area (Å²) >= 11 is 0. The Bertz CT molecular complexity index is 192. The summed E-state index contributed by atoms with van der Waals surface area (Å²) in [5.41, 5.74) is 5.60. The summed E-state index contributed by atoms with van der Waals surface area (Å²) in [5.74, 6) is 0.882. The van der Waals surface area contributed by atoms with Gasteiger partial charge in [0, 0.05) is 25.8 Å². The van der Waals surface area contributed by atoms with Gasteiger partial charge in [-0.25, -0.2) is 0 Å². The van der Waals surface area contributed by atoms with Crippen LogP contribution in [-0.2, 0) is 4.74 Å². The molecule has 3 nitrogen and oxygen atoms in total. The molecule has 94 valence electrons. The number of ether oxygens (including phenoxy) is 1. The molecule has 0 saturated carbocycles. The van der Waals surface area contributed by atoms with Gasteiger partial charge >= 0.3 is 0 Å². The Labute approximate surface area is 99.3 Å². The minimum absolute atomic E-state index is 0.825. The second-order valence-electron chi connectivity index (χ2n) is 5.28. The monoisotopic (exact) mass is 226 g/mol. The molecule has 0 aromatic rings. The maximum Gasteiger partial charge on any atom is 0.0469 e. The van der Waals surface area contributed by atoms with E-state index in [-0.39, 0.29) is 0 Å². The van der Waals surface area contributed by atoms with Crippen molar-refractivity contribution in [3.63, 3.8) is 0 Å². The summed E-state index contributed by atoms with van der Waals surface area (Å²) in [4.78, 5) is 2.71. The molecule has 0 radical (unpaired) electrons. The lowest BCUT2D eigenvalue weighted by atomic mass is 9.99. The zero-order chi connectivity index (χ0) is 11.2. The fraction of sp³-hybridized carbons (Fsp3) is 1.00. The third-order valence-electron chi connectivity index (χ3n) is 4.07. The number of rotatable bonds is 5. The van der Waals surface area contributed by atoms with Crippen LogP contribution in [0.15, 0.2) is 0 Å². The molecule has 2 rings (SSSR count). The predicted molar refractivity (Wildman–Crippen MR) is 66.4 cm³/mol. The van der Waals surface area contributed by atoms with Crippen LogP contribution >= 0.6 is 0 Å². The first-order valence-electron chi connectivity index (χ1n) is 6.92. The van der Waals surface area contributed by atoms with E-state index in [4.69, 9.17) is 10.5 Å². The van der Waals surface area contributed by atoms with Gasteiger partial charge in [0.15, 0.2) is 0 Å². The number of likely N-dealkylation sites (tertiary alicyclic amines) is 1. The van der Waals surface area contributed by atoms with Gasteiger partial charge in [-0.05, 0) is 57.5 Å². The van der Waals surface area contributed by atoms with Crippen molar-refractivity contribution in [2.75, 3.05) is 32.8 Å². The van der Waals surface area contributed by atoms with Crippen LogP contribution in [0.1, 0.15) is 38.5 Å². The second kappa shape index (κ2) is 6.58. The average molecular weight is 226 g/mol. The summed E-state index contributed by atoms with van der Waals surface area (Å²) in [7, 11) is 0. The van der Waals surface area contributed by atoms with Crippen LogP contribution in [0.25, 0.3) is 0 Å². The van der Waals surface area contributed by atoms with Crippen molar-refractivity contribution in [1.29, 1.82) is 0 Å². The molecule has 2 fully saturated rings. The lowest BCUT2D eigenvalue weighted by Crippen LogP contribution is -2.36. The molecule has 0 aromatic carbocycles. The minimum atomic E-state index is 0.825. The highest BCUT2D eigenvalue weighted by atomic mass is 16.5. The van der Waals surface area contributed by atoms with Gasteiger partial charge in [0.1, 0.15) is 0 Å². The molecule has 2 aliphatic rings. The highest BCUT2D eigenvalue weighted by molar-refractivity contribution is 4.81. The smallest absolute Gasteiger partial charge is 0.0469 e. The summed E-state index contributed by atoms with van der Waals surface area (Å²) in [6.45, 7) is 5.42. The van der Waals surface area contributed by atoms with Gasteiger partial charge < -0.3 is 15.4 Å². The van der Waals surface area contributed by atoms with E-state index in [2.05, 4.69) is 4.90 Å². The summed E-state index contributed by atoms with van der Waals surface area (Å²) in [5, 5.41) is 0. The van der Waals surface area contributed by atoms with Gasteiger partial charge in [0.2, 0.25) is 0 Å². The third-order valence-corrected chi connectivity index (χ3v) is 4.07. The molecule has 2 aliphatic heterocycles. The topological polar surface area (TPSA) is 38.5 Å². The lowest BCUT2D eigenvalue weighted by Gasteiger charge is -2.31. The molecule has 16 heavy (non-hydrogen) atoms. The molecule has 0 aromatic heterocycles. The van der Waals surface area contributed by atoms with Crippen LogP contribution in [0.3, 0.4) is 0 Å². The molecule has 0 spiro atoms. The van der Waals surface area contributed by atoms with E-state index in [9.17, 15) is 0 Å². The minimum Gasteiger partial charge on any atom is -0.381 e. The van der Waals surface area contributed by atoms with Crippen LogP contribution in [-0.4, -0.2) is 43.8 Å². The fourth-order valence-electron chi connectivity index (χ4n) is 3.08. The van der Waals surface area contributed by atoms with Crippen molar-refractivity contribution in [2.45, 2.75) is 44.6 Å². The van der Waals surface area contributed by atoms with Crippen molar-refractivity contribution < 1.29 is 4.74 Å². The molecular formula is C13H26N2O. The van der Waals surface area contributed by atoms with Gasteiger partial charge in [-0.15, -0.1) is 0 Å². The SMILES string of the molecule is NCCCC1CCCN1CC1CCOCC1. The molecule has 0 amide bonds. The van der Waals surface area contributed by atoms with Gasteiger partial charge in [-0.1, -0.05) is 0 Å². The number of hydrogen-bond acceptors (Lipinski definition) is 3. The number of nitrogens with zero attached hydrogens (tertiary/aromatic N) is 1. The van der Waals surface area contributed by atoms with Crippen LogP contribution in [0.4, 0.5) is 0 Å². The Hall–Kier alpha value is -0.120. The van der Waals surface area contributed by atoms with Gasteiger partial charge in [0.05, 0.1) is 0 Å². The standard InChI is InChI=1S/C13H26N2O/c14-7-1-3-13-4-2-8-15(13)11-12-5-9-16-10-6-12/h12-13H,1-11,14H2. The molecule has 2 saturated heterocycles. The first-order valence-corrected chi connectivity index (χ1v) is 6.92. The Morgan fingerprint density at radius 2 is 2.00 bits per heavy atom. The predicted octanol–water partition coefficient (Wildman–Crippen LogP) is 1.62. The van der Waals surface area contributed by atoms with Crippen LogP contribution in [0, 0.1) is 5.92 Å². The molecule has 2 N–H and O–H groups in total. The Balaban J connectivity index is 1.73. The molecule has 0 aliphatic carbocycles. The zero-order valence-electron chi connectivity index (χ0n) is 10.4. The average Bonchev–Trinajstić information content (AvgIpc) is 2.75. The first kappa shape index (κ1) is 12.3. The summed E-state index contributed by atoms with van der Waals surface area (Å²) in [6, 6.07) is 0.825. The van der Waals surface area contributed by atoms with E-state index in [1.165, 1.54) is 51.6 Å². The van der Waals surface area contributed by atoms with Gasteiger partial charge in [-0.2, -0.15) is 0 Å². The Morgan fingerprint density at radius 3 is 2.75 bits per heavy atom. The zero-order valence-corrected chi connectivity index (χ0v) is 10.4. The molecule has 1 unspecified atom stereocenters. The number of nitrogens with two attached hydrogens (primary N) is 1. The van der Waals surface area contributed by atoms with Crippen molar-refractivity contribution in [1.82, 2.24) is 4.90 Å². The van der Waals surface area contributed by atoms with Crippen LogP contribution in [0.5, 0.6) is 0 Å². The Kier molecular flexibility index (Phi) is 5.07. The number of hydrogen-bond donors (Lipinski definition) is 1. The van der Waals surface area contributed by atoms with E-state index >= 15 is 0 Å². The molecule has 3 heteroatoms. The molecule has 1 atom stereocenters. The fourth-order valence-corrected chi connectivity index (χ4v) is 3.08.